The molecule has 1 heterocycles. The Morgan fingerprint density at radius 3 is 2.45 bits per heavy atom. The third kappa shape index (κ3) is 1.74. The van der Waals surface area contributed by atoms with E-state index in [-0.39, 0.29) is 0 Å². The maximum atomic E-state index is 5.52. The van der Waals surface area contributed by atoms with Crippen molar-refractivity contribution in [3.8, 4) is 0 Å². The third-order valence-corrected chi connectivity index (χ3v) is 6.26. The van der Waals surface area contributed by atoms with Crippen LogP contribution in [0.3, 0.4) is 0 Å². The second-order valence-corrected chi connectivity index (χ2v) is 7.83. The number of nitrogens with one attached hydrogen (secondary N) is 1. The number of furan rings is 1. The first kappa shape index (κ1) is 11.6. The van der Waals surface area contributed by atoms with E-state index in [4.69, 9.17) is 4.42 Å². The van der Waals surface area contributed by atoms with Gasteiger partial charge in [0.25, 0.3) is 0 Å². The lowest BCUT2D eigenvalue weighted by molar-refractivity contribution is -0.0182. The SMILES string of the molecule is C1=C(CNC23CC4CC(CC(C4)C2)C3)Cc2occc21. The van der Waals surface area contributed by atoms with Gasteiger partial charge in [0.2, 0.25) is 0 Å². The predicted octanol–water partition coefficient (Wildman–Crippen LogP) is 3.78. The van der Waals surface area contributed by atoms with E-state index in [1.807, 2.05) is 6.26 Å². The predicted molar refractivity (Wildman–Crippen MR) is 79.3 cm³/mol. The van der Waals surface area contributed by atoms with Gasteiger partial charge in [-0.05, 0) is 67.9 Å². The Bertz CT molecular complexity index is 532. The molecule has 4 bridgehead atoms. The molecule has 0 atom stereocenters. The van der Waals surface area contributed by atoms with Crippen LogP contribution < -0.4 is 5.32 Å². The van der Waals surface area contributed by atoms with Gasteiger partial charge in [0, 0.05) is 24.1 Å². The summed E-state index contributed by atoms with van der Waals surface area (Å²) in [6.07, 6.45) is 14.0. The van der Waals surface area contributed by atoms with E-state index < -0.39 is 0 Å². The molecule has 4 fully saturated rings. The molecule has 20 heavy (non-hydrogen) atoms. The van der Waals surface area contributed by atoms with E-state index in [0.717, 1.165) is 36.5 Å². The minimum absolute atomic E-state index is 0.485. The molecule has 0 radical (unpaired) electrons. The zero-order chi connectivity index (χ0) is 13.2. The normalized spacial score (nSPS) is 41.0. The monoisotopic (exact) mass is 269 g/mol. The zero-order valence-corrected chi connectivity index (χ0v) is 12.0. The van der Waals surface area contributed by atoms with E-state index in [2.05, 4.69) is 17.5 Å². The fourth-order valence-corrected chi connectivity index (χ4v) is 5.84. The lowest BCUT2D eigenvalue weighted by Gasteiger charge is -2.57. The summed E-state index contributed by atoms with van der Waals surface area (Å²) in [4.78, 5) is 0. The van der Waals surface area contributed by atoms with Gasteiger partial charge in [-0.15, -0.1) is 0 Å². The summed E-state index contributed by atoms with van der Waals surface area (Å²) in [5, 5.41) is 3.98. The van der Waals surface area contributed by atoms with Crippen molar-refractivity contribution in [1.82, 2.24) is 5.32 Å². The van der Waals surface area contributed by atoms with Crippen molar-refractivity contribution in [2.75, 3.05) is 6.54 Å². The van der Waals surface area contributed by atoms with E-state index in [1.54, 1.807) is 0 Å². The maximum Gasteiger partial charge on any atom is 0.115 e. The van der Waals surface area contributed by atoms with Gasteiger partial charge in [0.15, 0.2) is 0 Å². The van der Waals surface area contributed by atoms with E-state index >= 15 is 0 Å². The number of hydrogen-bond donors (Lipinski definition) is 1. The summed E-state index contributed by atoms with van der Waals surface area (Å²) in [5.74, 6) is 4.24. The highest BCUT2D eigenvalue weighted by Gasteiger charge is 2.50. The van der Waals surface area contributed by atoms with Crippen LogP contribution in [0.4, 0.5) is 0 Å². The summed E-state index contributed by atoms with van der Waals surface area (Å²) in [7, 11) is 0. The molecule has 0 aromatic carbocycles. The van der Waals surface area contributed by atoms with Crippen LogP contribution in [0.25, 0.3) is 6.08 Å². The second kappa shape index (κ2) is 4.00. The quantitative estimate of drug-likeness (QED) is 0.903. The van der Waals surface area contributed by atoms with Crippen LogP contribution in [0, 0.1) is 17.8 Å². The molecule has 4 saturated carbocycles. The standard InChI is InChI=1S/C18H23NO/c1-2-20-17-7-15(6-16(1)17)11-19-18-8-12-3-13(9-18)5-14(4-12)10-18/h1-2,6,12-14,19H,3-5,7-11H2. The van der Waals surface area contributed by atoms with Crippen molar-refractivity contribution in [1.29, 1.82) is 0 Å². The van der Waals surface area contributed by atoms with E-state index in [0.29, 0.717) is 5.54 Å². The van der Waals surface area contributed by atoms with Gasteiger partial charge in [-0.3, -0.25) is 0 Å². The maximum absolute atomic E-state index is 5.52. The second-order valence-electron chi connectivity index (χ2n) is 7.83. The Kier molecular flexibility index (Phi) is 2.33. The molecule has 1 aromatic heterocycles. The van der Waals surface area contributed by atoms with Crippen LogP contribution in [0.15, 0.2) is 22.3 Å². The Labute approximate surface area is 120 Å². The van der Waals surface area contributed by atoms with Gasteiger partial charge >= 0.3 is 0 Å². The molecule has 1 N–H and O–H groups in total. The summed E-state index contributed by atoms with van der Waals surface area (Å²) >= 11 is 0. The molecule has 5 aliphatic rings. The number of hydrogen-bond acceptors (Lipinski definition) is 2. The largest absolute Gasteiger partial charge is 0.468 e. The Hall–Kier alpha value is -1.02. The number of fused-ring (bicyclic) bond motifs is 1. The Morgan fingerprint density at radius 1 is 1.10 bits per heavy atom. The average molecular weight is 269 g/mol. The summed E-state index contributed by atoms with van der Waals surface area (Å²) < 4.78 is 5.52. The molecular formula is C18H23NO. The highest BCUT2D eigenvalue weighted by Crippen LogP contribution is 2.55. The van der Waals surface area contributed by atoms with Crippen molar-refractivity contribution in [2.45, 2.75) is 50.5 Å². The minimum Gasteiger partial charge on any atom is -0.468 e. The lowest BCUT2D eigenvalue weighted by Crippen LogP contribution is -2.58. The van der Waals surface area contributed by atoms with Gasteiger partial charge < -0.3 is 9.73 Å². The van der Waals surface area contributed by atoms with Crippen LogP contribution >= 0.6 is 0 Å². The van der Waals surface area contributed by atoms with Crippen molar-refractivity contribution >= 4 is 6.08 Å². The molecule has 2 nitrogen and oxygen atoms in total. The Morgan fingerprint density at radius 2 is 1.80 bits per heavy atom. The fraction of sp³-hybridized carbons (Fsp3) is 0.667. The van der Waals surface area contributed by atoms with E-state index in [1.165, 1.54) is 49.7 Å². The zero-order valence-electron chi connectivity index (χ0n) is 12.0. The smallest absolute Gasteiger partial charge is 0.115 e. The average Bonchev–Trinajstić information content (AvgIpc) is 2.95. The molecule has 0 unspecified atom stereocenters. The van der Waals surface area contributed by atoms with Gasteiger partial charge in [-0.1, -0.05) is 6.08 Å². The van der Waals surface area contributed by atoms with Gasteiger partial charge in [0.1, 0.15) is 5.76 Å². The van der Waals surface area contributed by atoms with Gasteiger partial charge in [0.05, 0.1) is 6.26 Å². The molecule has 0 amide bonds. The van der Waals surface area contributed by atoms with Gasteiger partial charge in [-0.25, -0.2) is 0 Å². The van der Waals surface area contributed by atoms with Crippen LogP contribution in [0.5, 0.6) is 0 Å². The summed E-state index contributed by atoms with van der Waals surface area (Å²) in [5.41, 5.74) is 3.29. The highest BCUT2D eigenvalue weighted by molar-refractivity contribution is 5.61. The van der Waals surface area contributed by atoms with E-state index in [9.17, 15) is 0 Å². The highest BCUT2D eigenvalue weighted by atomic mass is 16.3. The molecule has 106 valence electrons. The van der Waals surface area contributed by atoms with Crippen molar-refractivity contribution < 1.29 is 4.42 Å². The topological polar surface area (TPSA) is 25.2 Å². The fourth-order valence-electron chi connectivity index (χ4n) is 5.84. The molecule has 0 spiro atoms. The van der Waals surface area contributed by atoms with Crippen molar-refractivity contribution in [3.05, 3.63) is 29.2 Å². The number of rotatable bonds is 3. The molecule has 2 heteroatoms. The lowest BCUT2D eigenvalue weighted by atomic mass is 9.53. The van der Waals surface area contributed by atoms with Crippen LogP contribution in [0.1, 0.15) is 49.8 Å². The van der Waals surface area contributed by atoms with Crippen molar-refractivity contribution in [2.24, 2.45) is 17.8 Å². The molecular weight excluding hydrogens is 246 g/mol. The van der Waals surface area contributed by atoms with Gasteiger partial charge in [-0.2, -0.15) is 0 Å². The molecule has 6 rings (SSSR count). The molecule has 5 aliphatic carbocycles. The first-order valence-electron chi connectivity index (χ1n) is 8.29. The minimum atomic E-state index is 0.485. The van der Waals surface area contributed by atoms with Crippen LogP contribution in [0.2, 0.25) is 0 Å². The molecule has 1 aromatic rings. The van der Waals surface area contributed by atoms with Crippen LogP contribution in [-0.4, -0.2) is 12.1 Å². The first-order chi connectivity index (χ1) is 9.78. The molecule has 0 saturated heterocycles. The summed E-state index contributed by atoms with van der Waals surface area (Å²) in [6, 6.07) is 2.09. The van der Waals surface area contributed by atoms with Crippen LogP contribution in [-0.2, 0) is 6.42 Å². The Balaban J connectivity index is 1.30. The third-order valence-electron chi connectivity index (χ3n) is 6.26. The van der Waals surface area contributed by atoms with Crippen molar-refractivity contribution in [3.63, 3.8) is 0 Å². The summed E-state index contributed by atoms with van der Waals surface area (Å²) in [6.45, 7) is 1.07. The molecule has 0 aliphatic heterocycles. The first-order valence-corrected chi connectivity index (χ1v) is 8.29.